The summed E-state index contributed by atoms with van der Waals surface area (Å²) in [6, 6.07) is 22.7. The number of thioether (sulfide) groups is 1. The Morgan fingerprint density at radius 1 is 0.892 bits per heavy atom. The van der Waals surface area contributed by atoms with Crippen molar-refractivity contribution in [3.63, 3.8) is 0 Å². The van der Waals surface area contributed by atoms with Crippen LogP contribution in [0.4, 0.5) is 0 Å². The van der Waals surface area contributed by atoms with Gasteiger partial charge in [-0.2, -0.15) is 0 Å². The van der Waals surface area contributed by atoms with Crippen molar-refractivity contribution in [3.8, 4) is 0 Å². The molecule has 0 aliphatic carbocycles. The topological polar surface area (TPSA) is 49.4 Å². The average Bonchev–Trinajstić information content (AvgIpc) is 2.84. The first-order valence-corrected chi connectivity index (χ1v) is 14.2. The first-order valence-electron chi connectivity index (χ1n) is 12.2. The van der Waals surface area contributed by atoms with E-state index in [0.29, 0.717) is 22.2 Å². The highest BCUT2D eigenvalue weighted by Gasteiger charge is 2.32. The van der Waals surface area contributed by atoms with Crippen LogP contribution in [-0.4, -0.2) is 34.0 Å². The molecule has 0 bridgehead atoms. The smallest absolute Gasteiger partial charge is 0.243 e. The van der Waals surface area contributed by atoms with Crippen LogP contribution in [0.1, 0.15) is 43.0 Å². The van der Waals surface area contributed by atoms with Crippen LogP contribution in [0.5, 0.6) is 0 Å². The Morgan fingerprint density at radius 3 is 2.16 bits per heavy atom. The molecule has 1 atom stereocenters. The minimum Gasteiger partial charge on any atom is -0.350 e. The van der Waals surface area contributed by atoms with Crippen molar-refractivity contribution in [3.05, 3.63) is 105 Å². The van der Waals surface area contributed by atoms with Gasteiger partial charge in [0.1, 0.15) is 6.04 Å². The molecule has 3 aromatic rings. The van der Waals surface area contributed by atoms with E-state index in [1.54, 1.807) is 28.8 Å². The largest absolute Gasteiger partial charge is 0.350 e. The summed E-state index contributed by atoms with van der Waals surface area (Å²) in [4.78, 5) is 29.0. The first kappa shape index (κ1) is 29.1. The fourth-order valence-corrected chi connectivity index (χ4v) is 5.06. The Labute approximate surface area is 234 Å². The predicted octanol–water partition coefficient (Wildman–Crippen LogP) is 7.09. The van der Waals surface area contributed by atoms with E-state index in [2.05, 4.69) is 36.5 Å². The van der Waals surface area contributed by atoms with Crippen molar-refractivity contribution >= 4 is 46.8 Å². The summed E-state index contributed by atoms with van der Waals surface area (Å²) in [5.74, 6) is 0.675. The van der Waals surface area contributed by atoms with Crippen molar-refractivity contribution in [1.29, 1.82) is 0 Å². The number of hydrogen-bond acceptors (Lipinski definition) is 3. The zero-order chi connectivity index (χ0) is 27.0. The number of halogens is 2. The van der Waals surface area contributed by atoms with Gasteiger partial charge in [-0.05, 0) is 56.5 Å². The van der Waals surface area contributed by atoms with Gasteiger partial charge in [-0.15, -0.1) is 11.8 Å². The van der Waals surface area contributed by atoms with E-state index < -0.39 is 11.6 Å². The Balaban J connectivity index is 1.88. The molecule has 0 spiro atoms. The summed E-state index contributed by atoms with van der Waals surface area (Å²) in [5, 5.41) is 3.94. The van der Waals surface area contributed by atoms with Gasteiger partial charge in [0.05, 0.1) is 15.8 Å². The molecule has 3 rings (SSSR count). The minimum absolute atomic E-state index is 0.104. The fraction of sp³-hybridized carbons (Fsp3) is 0.333. The summed E-state index contributed by atoms with van der Waals surface area (Å²) in [6.07, 6.45) is 0.401. The van der Waals surface area contributed by atoms with Gasteiger partial charge in [0.25, 0.3) is 0 Å². The van der Waals surface area contributed by atoms with Gasteiger partial charge in [0.2, 0.25) is 11.8 Å². The molecule has 0 heterocycles. The molecule has 0 saturated carbocycles. The lowest BCUT2D eigenvalue weighted by atomic mass is 10.0. The number of carbonyl (C=O) groups excluding carboxylic acids is 2. The lowest BCUT2D eigenvalue weighted by molar-refractivity contribution is -0.140. The van der Waals surface area contributed by atoms with Crippen LogP contribution < -0.4 is 5.32 Å². The number of rotatable bonds is 10. The zero-order valence-electron chi connectivity index (χ0n) is 21.8. The van der Waals surface area contributed by atoms with E-state index in [-0.39, 0.29) is 24.1 Å². The highest BCUT2D eigenvalue weighted by molar-refractivity contribution is 7.99. The molecule has 0 fully saturated rings. The quantitative estimate of drug-likeness (QED) is 0.290. The molecule has 0 radical (unpaired) electrons. The monoisotopic (exact) mass is 556 g/mol. The molecule has 0 aliphatic rings. The molecule has 7 heteroatoms. The van der Waals surface area contributed by atoms with Crippen LogP contribution in [0.2, 0.25) is 10.0 Å². The number of nitrogens with one attached hydrogen (secondary N) is 1. The third-order valence-corrected chi connectivity index (χ3v) is 7.45. The van der Waals surface area contributed by atoms with Crippen LogP contribution in [0.25, 0.3) is 0 Å². The molecule has 1 N–H and O–H groups in total. The summed E-state index contributed by atoms with van der Waals surface area (Å²) in [6.45, 7) is 8.11. The van der Waals surface area contributed by atoms with Crippen LogP contribution in [0.15, 0.2) is 72.8 Å². The predicted molar refractivity (Wildman–Crippen MR) is 156 cm³/mol. The lowest BCUT2D eigenvalue weighted by Gasteiger charge is -2.34. The van der Waals surface area contributed by atoms with E-state index >= 15 is 0 Å². The van der Waals surface area contributed by atoms with Crippen molar-refractivity contribution in [2.75, 3.05) is 5.75 Å². The summed E-state index contributed by atoms with van der Waals surface area (Å²) in [7, 11) is 0. The highest BCUT2D eigenvalue weighted by atomic mass is 35.5. The van der Waals surface area contributed by atoms with Crippen LogP contribution in [0, 0.1) is 6.92 Å². The molecule has 2 amide bonds. The normalized spacial score (nSPS) is 12.2. The molecular weight excluding hydrogens is 523 g/mol. The van der Waals surface area contributed by atoms with Gasteiger partial charge >= 0.3 is 0 Å². The molecule has 196 valence electrons. The van der Waals surface area contributed by atoms with Gasteiger partial charge in [0, 0.05) is 24.3 Å². The SMILES string of the molecule is Cc1ccc(CSCC(=O)N(Cc2ccc(Cl)c(Cl)c2)C(Cc2ccccc2)C(=O)NC(C)(C)C)cc1. The number of carbonyl (C=O) groups is 2. The summed E-state index contributed by atoms with van der Waals surface area (Å²) in [5.41, 5.74) is 3.71. The maximum atomic E-state index is 13.7. The standard InChI is InChI=1S/C30H34Cl2N2O2S/c1-21-10-12-23(13-11-21)19-37-20-28(35)34(18-24-14-15-25(31)26(32)16-24)27(29(36)33-30(2,3)4)17-22-8-6-5-7-9-22/h5-16,27H,17-20H2,1-4H3,(H,33,36). The molecule has 0 aromatic heterocycles. The second-order valence-electron chi connectivity index (χ2n) is 10.2. The summed E-state index contributed by atoms with van der Waals surface area (Å²) >= 11 is 14.0. The highest BCUT2D eigenvalue weighted by Crippen LogP contribution is 2.25. The second-order valence-corrected chi connectivity index (χ2v) is 12.0. The number of aryl methyl sites for hydroxylation is 1. The van der Waals surface area contributed by atoms with Gasteiger partial charge in [-0.1, -0.05) is 89.4 Å². The van der Waals surface area contributed by atoms with E-state index in [4.69, 9.17) is 23.2 Å². The van der Waals surface area contributed by atoms with Gasteiger partial charge < -0.3 is 10.2 Å². The molecular formula is C30H34Cl2N2O2S. The van der Waals surface area contributed by atoms with Gasteiger partial charge in [0.15, 0.2) is 0 Å². The lowest BCUT2D eigenvalue weighted by Crippen LogP contribution is -2.54. The van der Waals surface area contributed by atoms with E-state index in [0.717, 1.165) is 16.7 Å². The average molecular weight is 558 g/mol. The molecule has 1 unspecified atom stereocenters. The van der Waals surface area contributed by atoms with Crippen LogP contribution in [-0.2, 0) is 28.3 Å². The first-order chi connectivity index (χ1) is 17.5. The Morgan fingerprint density at radius 2 is 1.54 bits per heavy atom. The van der Waals surface area contributed by atoms with E-state index in [1.165, 1.54) is 5.56 Å². The van der Waals surface area contributed by atoms with E-state index in [1.807, 2.05) is 57.2 Å². The van der Waals surface area contributed by atoms with Crippen molar-refractivity contribution < 1.29 is 9.59 Å². The Kier molecular flexibility index (Phi) is 10.5. The number of amides is 2. The minimum atomic E-state index is -0.691. The fourth-order valence-electron chi connectivity index (χ4n) is 3.86. The van der Waals surface area contributed by atoms with Gasteiger partial charge in [-0.25, -0.2) is 0 Å². The molecule has 37 heavy (non-hydrogen) atoms. The van der Waals surface area contributed by atoms with Crippen molar-refractivity contribution in [1.82, 2.24) is 10.2 Å². The zero-order valence-corrected chi connectivity index (χ0v) is 24.1. The Hall–Kier alpha value is -2.47. The maximum Gasteiger partial charge on any atom is 0.243 e. The third-order valence-electron chi connectivity index (χ3n) is 5.72. The van der Waals surface area contributed by atoms with Crippen molar-refractivity contribution in [2.45, 2.75) is 58.0 Å². The number of benzene rings is 3. The van der Waals surface area contributed by atoms with E-state index in [9.17, 15) is 9.59 Å². The number of hydrogen-bond donors (Lipinski definition) is 1. The maximum absolute atomic E-state index is 13.7. The van der Waals surface area contributed by atoms with Crippen molar-refractivity contribution in [2.24, 2.45) is 0 Å². The third kappa shape index (κ3) is 9.41. The molecule has 0 aliphatic heterocycles. The summed E-state index contributed by atoms with van der Waals surface area (Å²) < 4.78 is 0. The molecule has 0 saturated heterocycles. The number of nitrogens with zero attached hydrogens (tertiary/aromatic N) is 1. The molecule has 4 nitrogen and oxygen atoms in total. The van der Waals surface area contributed by atoms with Crippen LogP contribution >= 0.6 is 35.0 Å². The second kappa shape index (κ2) is 13.4. The van der Waals surface area contributed by atoms with Crippen LogP contribution in [0.3, 0.4) is 0 Å². The van der Waals surface area contributed by atoms with Gasteiger partial charge in [-0.3, -0.25) is 9.59 Å². The molecule has 3 aromatic carbocycles. The Bertz CT molecular complexity index is 1190.